The largest absolute Gasteiger partial charge is 0.409 e. The van der Waals surface area contributed by atoms with E-state index in [0.717, 1.165) is 18.7 Å². The van der Waals surface area contributed by atoms with Crippen LogP contribution in [-0.4, -0.2) is 17.6 Å². The SMILES string of the molecule is CCN(Cc1ccc(C(N)=NO)cc1)c1ccc(C)cc1. The molecule has 0 saturated heterocycles. The number of nitrogens with two attached hydrogens (primary N) is 1. The summed E-state index contributed by atoms with van der Waals surface area (Å²) in [5.41, 5.74) is 9.95. The molecule has 0 fully saturated rings. The molecule has 21 heavy (non-hydrogen) atoms. The number of oxime groups is 1. The highest BCUT2D eigenvalue weighted by Gasteiger charge is 2.06. The second-order valence-electron chi connectivity index (χ2n) is 5.03. The molecule has 0 aromatic heterocycles. The van der Waals surface area contributed by atoms with Crippen LogP contribution in [-0.2, 0) is 6.54 Å². The molecule has 0 unspecified atom stereocenters. The molecular formula is C17H21N3O. The van der Waals surface area contributed by atoms with Crippen LogP contribution in [0.5, 0.6) is 0 Å². The minimum absolute atomic E-state index is 0.132. The van der Waals surface area contributed by atoms with Gasteiger partial charge in [-0.1, -0.05) is 47.1 Å². The van der Waals surface area contributed by atoms with Crippen molar-refractivity contribution in [1.29, 1.82) is 0 Å². The van der Waals surface area contributed by atoms with Crippen LogP contribution >= 0.6 is 0 Å². The molecule has 0 saturated carbocycles. The van der Waals surface area contributed by atoms with Gasteiger partial charge in [-0.3, -0.25) is 0 Å². The molecule has 0 spiro atoms. The third-order valence-electron chi connectivity index (χ3n) is 3.51. The minimum Gasteiger partial charge on any atom is -0.409 e. The molecule has 4 heteroatoms. The zero-order chi connectivity index (χ0) is 15.2. The number of anilines is 1. The average Bonchev–Trinajstić information content (AvgIpc) is 2.53. The second kappa shape index (κ2) is 6.79. The van der Waals surface area contributed by atoms with E-state index in [0.29, 0.717) is 0 Å². The van der Waals surface area contributed by atoms with Crippen LogP contribution in [0.15, 0.2) is 53.7 Å². The molecule has 0 heterocycles. The Morgan fingerprint density at radius 1 is 1.10 bits per heavy atom. The molecule has 0 atom stereocenters. The number of hydrogen-bond donors (Lipinski definition) is 2. The summed E-state index contributed by atoms with van der Waals surface area (Å²) < 4.78 is 0. The van der Waals surface area contributed by atoms with E-state index < -0.39 is 0 Å². The molecule has 0 aliphatic rings. The van der Waals surface area contributed by atoms with Crippen LogP contribution in [0.2, 0.25) is 0 Å². The van der Waals surface area contributed by atoms with Gasteiger partial charge in [0, 0.05) is 24.3 Å². The third kappa shape index (κ3) is 3.75. The van der Waals surface area contributed by atoms with E-state index in [2.05, 4.69) is 48.2 Å². The van der Waals surface area contributed by atoms with Crippen molar-refractivity contribution in [2.24, 2.45) is 10.9 Å². The number of hydrogen-bond acceptors (Lipinski definition) is 3. The van der Waals surface area contributed by atoms with Gasteiger partial charge in [-0.05, 0) is 31.5 Å². The van der Waals surface area contributed by atoms with E-state index in [1.807, 2.05) is 24.3 Å². The summed E-state index contributed by atoms with van der Waals surface area (Å²) in [6, 6.07) is 16.3. The Labute approximate surface area is 125 Å². The first-order valence-corrected chi connectivity index (χ1v) is 7.02. The Morgan fingerprint density at radius 2 is 1.71 bits per heavy atom. The Morgan fingerprint density at radius 3 is 2.24 bits per heavy atom. The van der Waals surface area contributed by atoms with Crippen LogP contribution in [0.25, 0.3) is 0 Å². The summed E-state index contributed by atoms with van der Waals surface area (Å²) in [6.07, 6.45) is 0. The predicted octanol–water partition coefficient (Wildman–Crippen LogP) is 3.12. The van der Waals surface area contributed by atoms with Crippen LogP contribution in [0.3, 0.4) is 0 Å². The van der Waals surface area contributed by atoms with Crippen molar-refractivity contribution >= 4 is 11.5 Å². The maximum Gasteiger partial charge on any atom is 0.170 e. The molecule has 0 aliphatic heterocycles. The minimum atomic E-state index is 0.132. The summed E-state index contributed by atoms with van der Waals surface area (Å²) in [6.45, 7) is 6.00. The standard InChI is InChI=1S/C17H21N3O/c1-3-20(16-10-4-13(2)5-11-16)12-14-6-8-15(9-7-14)17(18)19-21/h4-11,21H,3,12H2,1-2H3,(H2,18,19). The molecule has 0 bridgehead atoms. The van der Waals surface area contributed by atoms with Crippen LogP contribution < -0.4 is 10.6 Å². The van der Waals surface area contributed by atoms with Crippen molar-refractivity contribution in [2.45, 2.75) is 20.4 Å². The normalized spacial score (nSPS) is 11.4. The van der Waals surface area contributed by atoms with Gasteiger partial charge in [-0.2, -0.15) is 0 Å². The lowest BCUT2D eigenvalue weighted by Crippen LogP contribution is -2.22. The monoisotopic (exact) mass is 283 g/mol. The summed E-state index contributed by atoms with van der Waals surface area (Å²) in [5, 5.41) is 11.7. The lowest BCUT2D eigenvalue weighted by atomic mass is 10.1. The number of benzene rings is 2. The van der Waals surface area contributed by atoms with Gasteiger partial charge in [0.25, 0.3) is 0 Å². The quantitative estimate of drug-likeness (QED) is 0.383. The number of aryl methyl sites for hydroxylation is 1. The molecule has 4 nitrogen and oxygen atoms in total. The highest BCUT2D eigenvalue weighted by atomic mass is 16.4. The smallest absolute Gasteiger partial charge is 0.170 e. The maximum atomic E-state index is 8.67. The van der Waals surface area contributed by atoms with Gasteiger partial charge < -0.3 is 15.8 Å². The van der Waals surface area contributed by atoms with Gasteiger partial charge in [0.15, 0.2) is 5.84 Å². The lowest BCUT2D eigenvalue weighted by molar-refractivity contribution is 0.318. The van der Waals surface area contributed by atoms with E-state index in [1.165, 1.54) is 16.8 Å². The molecule has 2 rings (SSSR count). The fourth-order valence-corrected chi connectivity index (χ4v) is 2.20. The van der Waals surface area contributed by atoms with Gasteiger partial charge in [0.05, 0.1) is 0 Å². The molecule has 0 radical (unpaired) electrons. The van der Waals surface area contributed by atoms with Gasteiger partial charge in [0.1, 0.15) is 0 Å². The van der Waals surface area contributed by atoms with Crippen molar-refractivity contribution in [2.75, 3.05) is 11.4 Å². The van der Waals surface area contributed by atoms with E-state index >= 15 is 0 Å². The van der Waals surface area contributed by atoms with Crippen LogP contribution in [0, 0.1) is 6.92 Å². The maximum absolute atomic E-state index is 8.67. The van der Waals surface area contributed by atoms with Crippen molar-refractivity contribution in [1.82, 2.24) is 0 Å². The fourth-order valence-electron chi connectivity index (χ4n) is 2.20. The Balaban J connectivity index is 2.13. The van der Waals surface area contributed by atoms with Crippen molar-refractivity contribution in [3.05, 3.63) is 65.2 Å². The first-order chi connectivity index (χ1) is 10.1. The van der Waals surface area contributed by atoms with E-state index in [4.69, 9.17) is 10.9 Å². The predicted molar refractivity (Wildman–Crippen MR) is 86.9 cm³/mol. The summed E-state index contributed by atoms with van der Waals surface area (Å²) in [5.74, 6) is 0.132. The van der Waals surface area contributed by atoms with Gasteiger partial charge in [0.2, 0.25) is 0 Å². The summed E-state index contributed by atoms with van der Waals surface area (Å²) >= 11 is 0. The molecule has 0 amide bonds. The van der Waals surface area contributed by atoms with E-state index in [9.17, 15) is 0 Å². The zero-order valence-electron chi connectivity index (χ0n) is 12.5. The molecule has 2 aromatic rings. The summed E-state index contributed by atoms with van der Waals surface area (Å²) in [4.78, 5) is 2.30. The van der Waals surface area contributed by atoms with Crippen molar-refractivity contribution in [3.8, 4) is 0 Å². The molecular weight excluding hydrogens is 262 g/mol. The molecule has 0 aliphatic carbocycles. The Hall–Kier alpha value is -2.49. The lowest BCUT2D eigenvalue weighted by Gasteiger charge is -2.23. The Bertz CT molecular complexity index is 603. The van der Waals surface area contributed by atoms with Gasteiger partial charge >= 0.3 is 0 Å². The second-order valence-corrected chi connectivity index (χ2v) is 5.03. The van der Waals surface area contributed by atoms with Crippen molar-refractivity contribution < 1.29 is 5.21 Å². The fraction of sp³-hybridized carbons (Fsp3) is 0.235. The average molecular weight is 283 g/mol. The number of nitrogens with zero attached hydrogens (tertiary/aromatic N) is 2. The van der Waals surface area contributed by atoms with Crippen LogP contribution in [0.1, 0.15) is 23.6 Å². The highest BCUT2D eigenvalue weighted by Crippen LogP contribution is 2.18. The van der Waals surface area contributed by atoms with Gasteiger partial charge in [-0.15, -0.1) is 0 Å². The van der Waals surface area contributed by atoms with Crippen LogP contribution in [0.4, 0.5) is 5.69 Å². The zero-order valence-corrected chi connectivity index (χ0v) is 12.5. The highest BCUT2D eigenvalue weighted by molar-refractivity contribution is 5.96. The van der Waals surface area contributed by atoms with Gasteiger partial charge in [-0.25, -0.2) is 0 Å². The van der Waals surface area contributed by atoms with E-state index in [1.54, 1.807) is 0 Å². The molecule has 2 aromatic carbocycles. The third-order valence-corrected chi connectivity index (χ3v) is 3.51. The van der Waals surface area contributed by atoms with E-state index in [-0.39, 0.29) is 5.84 Å². The molecule has 3 N–H and O–H groups in total. The first-order valence-electron chi connectivity index (χ1n) is 7.02. The van der Waals surface area contributed by atoms with Crippen molar-refractivity contribution in [3.63, 3.8) is 0 Å². The number of amidine groups is 1. The Kier molecular flexibility index (Phi) is 4.82. The topological polar surface area (TPSA) is 61.8 Å². The molecule has 110 valence electrons. The number of rotatable bonds is 5. The first kappa shape index (κ1) is 14.9. The summed E-state index contributed by atoms with van der Waals surface area (Å²) in [7, 11) is 0.